The van der Waals surface area contributed by atoms with Gasteiger partial charge in [-0.25, -0.2) is 17.9 Å². The van der Waals surface area contributed by atoms with Gasteiger partial charge in [-0.3, -0.25) is 0 Å². The van der Waals surface area contributed by atoms with Crippen molar-refractivity contribution in [3.05, 3.63) is 34.3 Å². The Morgan fingerprint density at radius 1 is 1.50 bits per heavy atom. The minimum Gasteiger partial charge on any atom is -0.479 e. The molecule has 0 amide bonds. The van der Waals surface area contributed by atoms with E-state index >= 15 is 0 Å². The zero-order valence-corrected chi connectivity index (χ0v) is 14.8. The molecule has 2 aromatic heterocycles. The summed E-state index contributed by atoms with van der Waals surface area (Å²) < 4.78 is 37.8. The van der Waals surface area contributed by atoms with Crippen molar-refractivity contribution < 1.29 is 27.6 Å². The number of nitrogens with one attached hydrogen (secondary N) is 1. The summed E-state index contributed by atoms with van der Waals surface area (Å²) in [5, 5.41) is 14.2. The maximum absolute atomic E-state index is 12.6. The van der Waals surface area contributed by atoms with Gasteiger partial charge in [0.1, 0.15) is 0 Å². The van der Waals surface area contributed by atoms with Gasteiger partial charge in [0.15, 0.2) is 11.7 Å². The second kappa shape index (κ2) is 7.05. The maximum Gasteiger partial charge on any atom is 0.341 e. The Labute approximate surface area is 142 Å². The van der Waals surface area contributed by atoms with Crippen molar-refractivity contribution in [3.63, 3.8) is 0 Å². The quantitative estimate of drug-likeness (QED) is 0.767. The molecule has 2 heterocycles. The summed E-state index contributed by atoms with van der Waals surface area (Å²) in [6.45, 7) is 4.39. The molecule has 0 aromatic carbocycles. The number of carbonyl (C=O) groups is 1. The molecule has 0 aliphatic carbocycles. The van der Waals surface area contributed by atoms with Crippen LogP contribution in [0, 0.1) is 13.8 Å². The molecule has 0 fully saturated rings. The number of anilines is 1. The zero-order valence-electron chi connectivity index (χ0n) is 13.2. The van der Waals surface area contributed by atoms with Crippen LogP contribution in [0.4, 0.5) is 5.88 Å². The van der Waals surface area contributed by atoms with E-state index in [9.17, 15) is 13.2 Å². The Morgan fingerprint density at radius 2 is 2.21 bits per heavy atom. The van der Waals surface area contributed by atoms with Gasteiger partial charge in [-0.05, 0) is 32.2 Å². The van der Waals surface area contributed by atoms with Crippen LogP contribution in [-0.4, -0.2) is 31.3 Å². The van der Waals surface area contributed by atoms with Crippen LogP contribution in [0.5, 0.6) is 5.06 Å². The lowest BCUT2D eigenvalue weighted by molar-refractivity contribution is -0.139. The Balaban J connectivity index is 2.33. The second-order valence-electron chi connectivity index (χ2n) is 4.78. The third kappa shape index (κ3) is 3.77. The summed E-state index contributed by atoms with van der Waals surface area (Å²) >= 11 is 1.11. The first-order valence-corrected chi connectivity index (χ1v) is 9.17. The number of carboxylic acid groups (broad SMARTS) is 1. The van der Waals surface area contributed by atoms with E-state index in [1.807, 2.05) is 0 Å². The fourth-order valence-electron chi connectivity index (χ4n) is 1.86. The second-order valence-corrected chi connectivity index (χ2v) is 7.31. The van der Waals surface area contributed by atoms with E-state index in [4.69, 9.17) is 14.4 Å². The molecule has 0 saturated heterocycles. The molecule has 0 unspecified atom stereocenters. The molecule has 0 aliphatic rings. The number of rotatable bonds is 7. The summed E-state index contributed by atoms with van der Waals surface area (Å²) in [6.07, 6.45) is 1.40. The van der Waals surface area contributed by atoms with Crippen LogP contribution >= 0.6 is 11.3 Å². The molecule has 8 nitrogen and oxygen atoms in total. The van der Waals surface area contributed by atoms with E-state index in [-0.39, 0.29) is 21.4 Å². The van der Waals surface area contributed by atoms with E-state index in [2.05, 4.69) is 9.88 Å². The molecule has 24 heavy (non-hydrogen) atoms. The number of aliphatic carboxylic acids is 1. The van der Waals surface area contributed by atoms with Crippen molar-refractivity contribution in [2.45, 2.75) is 20.8 Å². The average Bonchev–Trinajstić information content (AvgIpc) is 3.07. The third-order valence-corrected chi connectivity index (χ3v) is 5.47. The molecule has 2 aromatic rings. The van der Waals surface area contributed by atoms with Crippen LogP contribution in [0.1, 0.15) is 23.7 Å². The molecule has 0 atom stereocenters. The predicted molar refractivity (Wildman–Crippen MR) is 89.6 cm³/mol. The van der Waals surface area contributed by atoms with Crippen molar-refractivity contribution in [1.82, 2.24) is 5.16 Å². The van der Waals surface area contributed by atoms with Gasteiger partial charge in [-0.1, -0.05) is 11.2 Å². The Kier molecular flexibility index (Phi) is 5.30. The van der Waals surface area contributed by atoms with E-state index in [0.717, 1.165) is 11.3 Å². The largest absolute Gasteiger partial charge is 0.479 e. The fourth-order valence-corrected chi connectivity index (χ4v) is 3.99. The number of aryl methyl sites for hydroxylation is 1. The number of hydrogen-bond acceptors (Lipinski definition) is 7. The standard InChI is InChI=1S/C14H16N2O6S2/c1-4-11(10-5-6-23-14(10)21-7-12(17)18)24(19,20)16-13-8(2)9(3)15-22-13/h4-6,16H,7H2,1-3H3,(H,17,18). The first-order valence-electron chi connectivity index (χ1n) is 6.80. The molecule has 2 rings (SSSR count). The highest BCUT2D eigenvalue weighted by Crippen LogP contribution is 2.35. The van der Waals surface area contributed by atoms with Gasteiger partial charge >= 0.3 is 5.97 Å². The monoisotopic (exact) mass is 372 g/mol. The molecule has 2 N–H and O–H groups in total. The van der Waals surface area contributed by atoms with Gasteiger partial charge in [0.2, 0.25) is 5.88 Å². The van der Waals surface area contributed by atoms with Crippen LogP contribution in [0.15, 0.2) is 22.0 Å². The van der Waals surface area contributed by atoms with Gasteiger partial charge in [-0.2, -0.15) is 0 Å². The molecule has 0 saturated carbocycles. The maximum atomic E-state index is 12.6. The summed E-state index contributed by atoms with van der Waals surface area (Å²) in [4.78, 5) is 10.6. The molecule has 0 radical (unpaired) electrons. The molecule has 0 spiro atoms. The summed E-state index contributed by atoms with van der Waals surface area (Å²) in [5.74, 6) is -1.11. The average molecular weight is 372 g/mol. The van der Waals surface area contributed by atoms with Crippen molar-refractivity contribution in [2.75, 3.05) is 11.3 Å². The molecule has 0 aliphatic heterocycles. The number of carboxylic acids is 1. The Hall–Kier alpha value is -2.33. The van der Waals surface area contributed by atoms with Gasteiger partial charge in [0.05, 0.1) is 10.6 Å². The van der Waals surface area contributed by atoms with Gasteiger partial charge in [0, 0.05) is 11.1 Å². The van der Waals surface area contributed by atoms with Crippen molar-refractivity contribution in [1.29, 1.82) is 0 Å². The first-order chi connectivity index (χ1) is 11.3. The molecule has 130 valence electrons. The SMILES string of the molecule is CC=C(c1ccsc1OCC(=O)O)S(=O)(=O)Nc1onc(C)c1C. The summed E-state index contributed by atoms with van der Waals surface area (Å²) in [6, 6.07) is 1.55. The predicted octanol–water partition coefficient (Wildman–Crippen LogP) is 2.62. The highest BCUT2D eigenvalue weighted by Gasteiger charge is 2.25. The van der Waals surface area contributed by atoms with E-state index < -0.39 is 22.6 Å². The van der Waals surface area contributed by atoms with Crippen LogP contribution in [0.25, 0.3) is 4.91 Å². The van der Waals surface area contributed by atoms with Crippen LogP contribution < -0.4 is 9.46 Å². The Morgan fingerprint density at radius 3 is 2.75 bits per heavy atom. The number of allylic oxidation sites excluding steroid dienone is 1. The van der Waals surface area contributed by atoms with Crippen LogP contribution in [0.3, 0.4) is 0 Å². The topological polar surface area (TPSA) is 119 Å². The highest BCUT2D eigenvalue weighted by atomic mass is 32.2. The van der Waals surface area contributed by atoms with E-state index in [1.165, 1.54) is 6.08 Å². The van der Waals surface area contributed by atoms with Crippen molar-refractivity contribution >= 4 is 38.1 Å². The lowest BCUT2D eigenvalue weighted by Crippen LogP contribution is -2.15. The smallest absolute Gasteiger partial charge is 0.341 e. The number of sulfonamides is 1. The summed E-state index contributed by atoms with van der Waals surface area (Å²) in [7, 11) is -3.96. The minimum atomic E-state index is -3.96. The molecular formula is C14H16N2O6S2. The normalized spacial score (nSPS) is 12.2. The van der Waals surface area contributed by atoms with Gasteiger partial charge in [0.25, 0.3) is 10.0 Å². The number of ether oxygens (including phenoxy) is 1. The number of thiophene rings is 1. The lowest BCUT2D eigenvalue weighted by atomic mass is 10.3. The van der Waals surface area contributed by atoms with Crippen LogP contribution in [-0.2, 0) is 14.8 Å². The van der Waals surface area contributed by atoms with Gasteiger partial charge in [-0.15, -0.1) is 11.3 Å². The summed E-state index contributed by atoms with van der Waals surface area (Å²) in [5.41, 5.74) is 1.45. The molecular weight excluding hydrogens is 356 g/mol. The van der Waals surface area contributed by atoms with Crippen molar-refractivity contribution in [3.8, 4) is 5.06 Å². The lowest BCUT2D eigenvalue weighted by Gasteiger charge is -2.11. The fraction of sp³-hybridized carbons (Fsp3) is 0.286. The highest BCUT2D eigenvalue weighted by molar-refractivity contribution is 8.01. The third-order valence-electron chi connectivity index (χ3n) is 3.16. The number of hydrogen-bond donors (Lipinski definition) is 2. The molecule has 10 heteroatoms. The minimum absolute atomic E-state index is 0.0371. The van der Waals surface area contributed by atoms with Crippen LogP contribution in [0.2, 0.25) is 0 Å². The Bertz CT molecular complexity index is 879. The van der Waals surface area contributed by atoms with E-state index in [0.29, 0.717) is 11.3 Å². The number of aromatic nitrogens is 1. The number of nitrogens with zero attached hydrogens (tertiary/aromatic N) is 1. The van der Waals surface area contributed by atoms with E-state index in [1.54, 1.807) is 32.2 Å². The zero-order chi connectivity index (χ0) is 17.9. The van der Waals surface area contributed by atoms with Crippen molar-refractivity contribution in [2.24, 2.45) is 0 Å². The van der Waals surface area contributed by atoms with Gasteiger partial charge < -0.3 is 14.4 Å². The molecule has 0 bridgehead atoms. The first kappa shape index (κ1) is 18.0.